The molecule has 1 aliphatic rings. The molecule has 2 N–H and O–H groups in total. The second-order valence-corrected chi connectivity index (χ2v) is 6.05. The van der Waals surface area contributed by atoms with Crippen LogP contribution in [0.2, 0.25) is 0 Å². The highest BCUT2D eigenvalue weighted by atomic mass is 19.2. The van der Waals surface area contributed by atoms with Gasteiger partial charge in [-0.15, -0.1) is 0 Å². The third-order valence-corrected chi connectivity index (χ3v) is 4.28. The van der Waals surface area contributed by atoms with E-state index in [0.29, 0.717) is 11.3 Å². The largest absolute Gasteiger partial charge is 0.344 e. The van der Waals surface area contributed by atoms with Gasteiger partial charge in [-0.2, -0.15) is 5.10 Å². The maximum Gasteiger partial charge on any atom is 0.272 e. The number of rotatable bonds is 4. The van der Waals surface area contributed by atoms with Gasteiger partial charge in [-0.1, -0.05) is 6.07 Å². The molecular formula is C17H20F2N4O. The van der Waals surface area contributed by atoms with E-state index in [1.807, 2.05) is 4.68 Å². The molecule has 3 rings (SSSR count). The lowest BCUT2D eigenvalue weighted by molar-refractivity contribution is 0.0933. The van der Waals surface area contributed by atoms with E-state index in [1.54, 1.807) is 19.2 Å². The molecule has 24 heavy (non-hydrogen) atoms. The van der Waals surface area contributed by atoms with Crippen LogP contribution < -0.4 is 10.6 Å². The summed E-state index contributed by atoms with van der Waals surface area (Å²) in [6.45, 7) is 3.57. The Morgan fingerprint density at radius 1 is 1.38 bits per heavy atom. The zero-order valence-electron chi connectivity index (χ0n) is 13.4. The minimum Gasteiger partial charge on any atom is -0.344 e. The predicted octanol–water partition coefficient (Wildman–Crippen LogP) is 2.58. The molecule has 1 aromatic carbocycles. The first-order valence-corrected chi connectivity index (χ1v) is 8.06. The van der Waals surface area contributed by atoms with E-state index in [1.165, 1.54) is 6.07 Å². The van der Waals surface area contributed by atoms with Crippen molar-refractivity contribution >= 4 is 5.91 Å². The van der Waals surface area contributed by atoms with Gasteiger partial charge in [0.1, 0.15) is 5.69 Å². The SMILES string of the molecule is CC(NC(=O)c1ccn(C2CCCNC2)n1)c1ccc(F)c(F)c1. The fourth-order valence-corrected chi connectivity index (χ4v) is 2.86. The summed E-state index contributed by atoms with van der Waals surface area (Å²) in [5, 5.41) is 10.4. The van der Waals surface area contributed by atoms with Gasteiger partial charge in [0.05, 0.1) is 12.1 Å². The Kier molecular flexibility index (Phi) is 4.89. The first-order valence-electron chi connectivity index (χ1n) is 8.06. The van der Waals surface area contributed by atoms with Gasteiger partial charge >= 0.3 is 0 Å². The summed E-state index contributed by atoms with van der Waals surface area (Å²) >= 11 is 0. The summed E-state index contributed by atoms with van der Waals surface area (Å²) in [7, 11) is 0. The number of halogens is 2. The van der Waals surface area contributed by atoms with Crippen LogP contribution in [-0.2, 0) is 0 Å². The first kappa shape index (κ1) is 16.6. The van der Waals surface area contributed by atoms with Crippen molar-refractivity contribution in [1.29, 1.82) is 0 Å². The van der Waals surface area contributed by atoms with Crippen LogP contribution in [0.1, 0.15) is 47.9 Å². The monoisotopic (exact) mass is 334 g/mol. The molecule has 1 amide bonds. The zero-order chi connectivity index (χ0) is 17.1. The molecule has 1 fully saturated rings. The molecule has 2 heterocycles. The van der Waals surface area contributed by atoms with Crippen molar-refractivity contribution in [2.75, 3.05) is 13.1 Å². The average molecular weight is 334 g/mol. The Balaban J connectivity index is 1.66. The van der Waals surface area contributed by atoms with Gasteiger partial charge in [0.2, 0.25) is 0 Å². The maximum atomic E-state index is 13.3. The van der Waals surface area contributed by atoms with Crippen molar-refractivity contribution in [2.24, 2.45) is 0 Å². The van der Waals surface area contributed by atoms with Crippen LogP contribution in [0.25, 0.3) is 0 Å². The smallest absolute Gasteiger partial charge is 0.272 e. The number of piperidine rings is 1. The summed E-state index contributed by atoms with van der Waals surface area (Å²) in [4.78, 5) is 12.3. The predicted molar refractivity (Wildman–Crippen MR) is 85.6 cm³/mol. The number of aromatic nitrogens is 2. The number of hydrogen-bond donors (Lipinski definition) is 2. The normalized spacial score (nSPS) is 19.0. The minimum atomic E-state index is -0.928. The third kappa shape index (κ3) is 3.62. The van der Waals surface area contributed by atoms with Gasteiger partial charge in [-0.25, -0.2) is 8.78 Å². The van der Waals surface area contributed by atoms with Crippen molar-refractivity contribution < 1.29 is 13.6 Å². The van der Waals surface area contributed by atoms with Crippen LogP contribution in [0, 0.1) is 11.6 Å². The maximum absolute atomic E-state index is 13.3. The minimum absolute atomic E-state index is 0.254. The third-order valence-electron chi connectivity index (χ3n) is 4.28. The molecule has 1 aliphatic heterocycles. The molecule has 2 atom stereocenters. The Morgan fingerprint density at radius 2 is 2.21 bits per heavy atom. The Morgan fingerprint density at radius 3 is 2.92 bits per heavy atom. The molecule has 5 nitrogen and oxygen atoms in total. The van der Waals surface area contributed by atoms with Crippen molar-refractivity contribution in [2.45, 2.75) is 31.8 Å². The Bertz CT molecular complexity index is 725. The van der Waals surface area contributed by atoms with Crippen molar-refractivity contribution in [3.63, 3.8) is 0 Å². The van der Waals surface area contributed by atoms with Crippen LogP contribution in [0.5, 0.6) is 0 Å². The van der Waals surface area contributed by atoms with E-state index in [-0.39, 0.29) is 11.9 Å². The highest BCUT2D eigenvalue weighted by molar-refractivity contribution is 5.92. The van der Waals surface area contributed by atoms with E-state index in [9.17, 15) is 13.6 Å². The lowest BCUT2D eigenvalue weighted by Gasteiger charge is -2.22. The summed E-state index contributed by atoms with van der Waals surface area (Å²) < 4.78 is 28.1. The molecule has 2 unspecified atom stereocenters. The summed E-state index contributed by atoms with van der Waals surface area (Å²) in [5.41, 5.74) is 0.813. The number of nitrogens with one attached hydrogen (secondary N) is 2. The fraction of sp³-hybridized carbons (Fsp3) is 0.412. The van der Waals surface area contributed by atoms with Crippen molar-refractivity contribution in [3.8, 4) is 0 Å². The van der Waals surface area contributed by atoms with Gasteiger partial charge < -0.3 is 10.6 Å². The van der Waals surface area contributed by atoms with Crippen LogP contribution in [0.15, 0.2) is 30.5 Å². The molecule has 0 spiro atoms. The second-order valence-electron chi connectivity index (χ2n) is 6.05. The molecule has 0 radical (unpaired) electrons. The lowest BCUT2D eigenvalue weighted by atomic mass is 10.1. The zero-order valence-corrected chi connectivity index (χ0v) is 13.4. The molecule has 0 saturated carbocycles. The van der Waals surface area contributed by atoms with Gasteiger partial charge in [-0.3, -0.25) is 9.48 Å². The van der Waals surface area contributed by atoms with Crippen LogP contribution >= 0.6 is 0 Å². The topological polar surface area (TPSA) is 59.0 Å². The van der Waals surface area contributed by atoms with E-state index in [4.69, 9.17) is 0 Å². The molecule has 1 saturated heterocycles. The number of benzene rings is 1. The number of carbonyl (C=O) groups is 1. The molecule has 128 valence electrons. The van der Waals surface area contributed by atoms with E-state index >= 15 is 0 Å². The molecule has 2 aromatic rings. The highest BCUT2D eigenvalue weighted by Crippen LogP contribution is 2.18. The number of nitrogens with zero attached hydrogens (tertiary/aromatic N) is 2. The fourth-order valence-electron chi connectivity index (χ4n) is 2.86. The average Bonchev–Trinajstić information content (AvgIpc) is 3.08. The lowest BCUT2D eigenvalue weighted by Crippen LogP contribution is -2.32. The Labute approximate surface area is 139 Å². The molecule has 0 aliphatic carbocycles. The van der Waals surface area contributed by atoms with Gasteiger partial charge in [-0.05, 0) is 50.1 Å². The summed E-state index contributed by atoms with van der Waals surface area (Å²) in [5.74, 6) is -2.17. The number of carbonyl (C=O) groups excluding carboxylic acids is 1. The van der Waals surface area contributed by atoms with E-state index < -0.39 is 17.7 Å². The standard InChI is InChI=1S/C17H20F2N4O/c1-11(12-4-5-14(18)15(19)9-12)21-17(24)16-6-8-23(22-16)13-3-2-7-20-10-13/h4-6,8-9,11,13,20H,2-3,7,10H2,1H3,(H,21,24). The van der Waals surface area contributed by atoms with E-state index in [2.05, 4.69) is 15.7 Å². The van der Waals surface area contributed by atoms with Crippen LogP contribution in [0.4, 0.5) is 8.78 Å². The molecule has 0 bridgehead atoms. The number of hydrogen-bond acceptors (Lipinski definition) is 3. The highest BCUT2D eigenvalue weighted by Gasteiger charge is 2.19. The van der Waals surface area contributed by atoms with E-state index in [0.717, 1.165) is 38.1 Å². The number of amides is 1. The quantitative estimate of drug-likeness (QED) is 0.903. The van der Waals surface area contributed by atoms with Gasteiger partial charge in [0.25, 0.3) is 5.91 Å². The molecular weight excluding hydrogens is 314 g/mol. The second kappa shape index (κ2) is 7.09. The molecule has 1 aromatic heterocycles. The van der Waals surface area contributed by atoms with Crippen molar-refractivity contribution in [3.05, 3.63) is 53.4 Å². The molecule has 7 heteroatoms. The van der Waals surface area contributed by atoms with Gasteiger partial charge in [0, 0.05) is 12.7 Å². The Hall–Kier alpha value is -2.28. The van der Waals surface area contributed by atoms with Gasteiger partial charge in [0.15, 0.2) is 11.6 Å². The van der Waals surface area contributed by atoms with Crippen LogP contribution in [0.3, 0.4) is 0 Å². The first-order chi connectivity index (χ1) is 11.5. The van der Waals surface area contributed by atoms with Crippen LogP contribution in [-0.4, -0.2) is 28.8 Å². The van der Waals surface area contributed by atoms with Crippen molar-refractivity contribution in [1.82, 2.24) is 20.4 Å². The summed E-state index contributed by atoms with van der Waals surface area (Å²) in [6, 6.07) is 5.07. The summed E-state index contributed by atoms with van der Waals surface area (Å²) in [6.07, 6.45) is 3.91.